The highest BCUT2D eigenvalue weighted by Crippen LogP contribution is 2.21. The fourth-order valence-corrected chi connectivity index (χ4v) is 1.70. The fraction of sp³-hybridized carbons (Fsp3) is 0.643. The van der Waals surface area contributed by atoms with Gasteiger partial charge in [-0.2, -0.15) is 0 Å². The Labute approximate surface area is 104 Å². The molecular weight excluding hydrogens is 214 g/mol. The molecule has 1 amide bonds. The molecule has 1 atom stereocenters. The van der Waals surface area contributed by atoms with Gasteiger partial charge < -0.3 is 9.73 Å². The number of furan rings is 1. The van der Waals surface area contributed by atoms with Gasteiger partial charge in [-0.1, -0.05) is 20.8 Å². The van der Waals surface area contributed by atoms with Crippen LogP contribution in [0.15, 0.2) is 22.8 Å². The normalized spacial score (nSPS) is 13.4. The fourth-order valence-electron chi connectivity index (χ4n) is 1.70. The minimum absolute atomic E-state index is 0.0489. The van der Waals surface area contributed by atoms with Crippen LogP contribution in [0.1, 0.15) is 58.8 Å². The Kier molecular flexibility index (Phi) is 4.79. The van der Waals surface area contributed by atoms with E-state index in [0.29, 0.717) is 11.8 Å². The van der Waals surface area contributed by atoms with Crippen LogP contribution in [0.4, 0.5) is 0 Å². The maximum atomic E-state index is 11.7. The van der Waals surface area contributed by atoms with Crippen molar-refractivity contribution in [2.75, 3.05) is 0 Å². The summed E-state index contributed by atoms with van der Waals surface area (Å²) >= 11 is 0. The molecule has 0 saturated carbocycles. The van der Waals surface area contributed by atoms with Crippen LogP contribution in [0, 0.1) is 5.41 Å². The van der Waals surface area contributed by atoms with Gasteiger partial charge in [0.25, 0.3) is 0 Å². The first-order chi connectivity index (χ1) is 7.88. The van der Waals surface area contributed by atoms with E-state index in [2.05, 4.69) is 26.1 Å². The number of hydrogen-bond donors (Lipinski definition) is 1. The molecule has 1 unspecified atom stereocenters. The summed E-state index contributed by atoms with van der Waals surface area (Å²) in [6.07, 6.45) is 4.20. The highest BCUT2D eigenvalue weighted by atomic mass is 16.3. The van der Waals surface area contributed by atoms with Crippen molar-refractivity contribution in [1.29, 1.82) is 0 Å². The summed E-state index contributed by atoms with van der Waals surface area (Å²) in [4.78, 5) is 11.7. The van der Waals surface area contributed by atoms with Crippen LogP contribution in [-0.2, 0) is 4.79 Å². The van der Waals surface area contributed by atoms with Crippen LogP contribution in [0.2, 0.25) is 0 Å². The maximum Gasteiger partial charge on any atom is 0.220 e. The quantitative estimate of drug-likeness (QED) is 0.849. The average molecular weight is 237 g/mol. The lowest BCUT2D eigenvalue weighted by molar-refractivity contribution is -0.122. The molecule has 0 fully saturated rings. The largest absolute Gasteiger partial charge is 0.467 e. The van der Waals surface area contributed by atoms with E-state index in [4.69, 9.17) is 4.42 Å². The van der Waals surface area contributed by atoms with E-state index in [1.807, 2.05) is 19.1 Å². The lowest BCUT2D eigenvalue weighted by Crippen LogP contribution is -2.26. The molecule has 3 heteroatoms. The zero-order chi connectivity index (χ0) is 12.9. The second-order valence-electron chi connectivity index (χ2n) is 5.72. The molecule has 0 aromatic carbocycles. The van der Waals surface area contributed by atoms with Gasteiger partial charge in [0, 0.05) is 6.42 Å². The Morgan fingerprint density at radius 1 is 1.47 bits per heavy atom. The Bertz CT molecular complexity index is 336. The van der Waals surface area contributed by atoms with E-state index >= 15 is 0 Å². The number of amides is 1. The minimum Gasteiger partial charge on any atom is -0.467 e. The van der Waals surface area contributed by atoms with Gasteiger partial charge in [-0.05, 0) is 37.3 Å². The second-order valence-corrected chi connectivity index (χ2v) is 5.72. The number of hydrogen-bond acceptors (Lipinski definition) is 2. The van der Waals surface area contributed by atoms with Gasteiger partial charge in [0.15, 0.2) is 0 Å². The smallest absolute Gasteiger partial charge is 0.220 e. The third-order valence-electron chi connectivity index (χ3n) is 2.68. The van der Waals surface area contributed by atoms with E-state index in [-0.39, 0.29) is 11.9 Å². The van der Waals surface area contributed by atoms with Crippen LogP contribution in [-0.4, -0.2) is 5.91 Å². The van der Waals surface area contributed by atoms with Gasteiger partial charge in [0.05, 0.1) is 12.3 Å². The molecule has 0 bridgehead atoms. The van der Waals surface area contributed by atoms with Crippen molar-refractivity contribution in [3.63, 3.8) is 0 Å². The minimum atomic E-state index is -0.0489. The Morgan fingerprint density at radius 3 is 2.71 bits per heavy atom. The van der Waals surface area contributed by atoms with Crippen LogP contribution in [0.5, 0.6) is 0 Å². The molecule has 1 aromatic heterocycles. The van der Waals surface area contributed by atoms with Crippen molar-refractivity contribution in [3.05, 3.63) is 24.2 Å². The van der Waals surface area contributed by atoms with Gasteiger partial charge >= 0.3 is 0 Å². The number of nitrogens with one attached hydrogen (secondary N) is 1. The van der Waals surface area contributed by atoms with Crippen molar-refractivity contribution in [1.82, 2.24) is 5.32 Å². The molecule has 0 radical (unpaired) electrons. The number of carbonyl (C=O) groups excluding carboxylic acids is 1. The van der Waals surface area contributed by atoms with Crippen LogP contribution >= 0.6 is 0 Å². The predicted molar refractivity (Wildman–Crippen MR) is 68.6 cm³/mol. The van der Waals surface area contributed by atoms with Gasteiger partial charge in [-0.15, -0.1) is 0 Å². The average Bonchev–Trinajstić information content (AvgIpc) is 2.67. The monoisotopic (exact) mass is 237 g/mol. The van der Waals surface area contributed by atoms with E-state index in [9.17, 15) is 4.79 Å². The van der Waals surface area contributed by atoms with Crippen molar-refractivity contribution in [2.45, 2.75) is 53.0 Å². The summed E-state index contributed by atoms with van der Waals surface area (Å²) in [5.74, 6) is 0.896. The van der Waals surface area contributed by atoms with Crippen molar-refractivity contribution < 1.29 is 9.21 Å². The Balaban J connectivity index is 2.26. The summed E-state index contributed by atoms with van der Waals surface area (Å²) in [6, 6.07) is 3.66. The first-order valence-corrected chi connectivity index (χ1v) is 6.21. The van der Waals surface area contributed by atoms with Crippen LogP contribution in [0.25, 0.3) is 0 Å². The number of rotatable bonds is 5. The lowest BCUT2D eigenvalue weighted by Gasteiger charge is -2.18. The van der Waals surface area contributed by atoms with Crippen LogP contribution < -0.4 is 5.32 Å². The summed E-state index contributed by atoms with van der Waals surface area (Å²) in [7, 11) is 0. The lowest BCUT2D eigenvalue weighted by atomic mass is 9.90. The summed E-state index contributed by atoms with van der Waals surface area (Å²) in [5, 5.41) is 2.94. The molecule has 3 nitrogen and oxygen atoms in total. The van der Waals surface area contributed by atoms with Crippen molar-refractivity contribution >= 4 is 5.91 Å². The summed E-state index contributed by atoms with van der Waals surface area (Å²) < 4.78 is 5.24. The highest BCUT2D eigenvalue weighted by Gasteiger charge is 2.14. The van der Waals surface area contributed by atoms with Crippen molar-refractivity contribution in [3.8, 4) is 0 Å². The third kappa shape index (κ3) is 5.57. The molecule has 17 heavy (non-hydrogen) atoms. The zero-order valence-corrected chi connectivity index (χ0v) is 11.2. The van der Waals surface area contributed by atoms with E-state index in [1.54, 1.807) is 6.26 Å². The summed E-state index contributed by atoms with van der Waals surface area (Å²) in [6.45, 7) is 8.50. The molecule has 96 valence electrons. The topological polar surface area (TPSA) is 42.2 Å². The van der Waals surface area contributed by atoms with Gasteiger partial charge in [-0.25, -0.2) is 0 Å². The van der Waals surface area contributed by atoms with E-state index in [0.717, 1.165) is 18.6 Å². The molecule has 0 spiro atoms. The predicted octanol–water partition coefficient (Wildman–Crippen LogP) is 3.67. The SMILES string of the molecule is CC(NC(=O)CCCC(C)(C)C)c1ccco1. The molecule has 0 aliphatic rings. The molecule has 1 heterocycles. The van der Waals surface area contributed by atoms with E-state index < -0.39 is 0 Å². The zero-order valence-electron chi connectivity index (χ0n) is 11.2. The third-order valence-corrected chi connectivity index (χ3v) is 2.68. The Hall–Kier alpha value is -1.25. The molecule has 0 aliphatic heterocycles. The molecule has 1 N–H and O–H groups in total. The molecule has 0 saturated heterocycles. The Morgan fingerprint density at radius 2 is 2.18 bits per heavy atom. The molecular formula is C14H23NO2. The van der Waals surface area contributed by atoms with E-state index in [1.165, 1.54) is 0 Å². The standard InChI is InChI=1S/C14H23NO2/c1-11(12-7-6-10-17-12)15-13(16)8-5-9-14(2,3)4/h6-7,10-11H,5,8-9H2,1-4H3,(H,15,16). The molecule has 0 aliphatic carbocycles. The molecule has 1 aromatic rings. The number of carbonyl (C=O) groups is 1. The highest BCUT2D eigenvalue weighted by molar-refractivity contribution is 5.76. The first kappa shape index (κ1) is 13.8. The van der Waals surface area contributed by atoms with Crippen molar-refractivity contribution in [2.24, 2.45) is 5.41 Å². The molecule has 1 rings (SSSR count). The van der Waals surface area contributed by atoms with Crippen LogP contribution in [0.3, 0.4) is 0 Å². The van der Waals surface area contributed by atoms with Gasteiger partial charge in [0.2, 0.25) is 5.91 Å². The summed E-state index contributed by atoms with van der Waals surface area (Å²) in [5.41, 5.74) is 0.299. The second kappa shape index (κ2) is 5.89. The maximum absolute atomic E-state index is 11.7. The van der Waals surface area contributed by atoms with Gasteiger partial charge in [0.1, 0.15) is 5.76 Å². The van der Waals surface area contributed by atoms with Gasteiger partial charge in [-0.3, -0.25) is 4.79 Å². The first-order valence-electron chi connectivity index (χ1n) is 6.21.